The highest BCUT2D eigenvalue weighted by Crippen LogP contribution is 2.24. The van der Waals surface area contributed by atoms with Crippen LogP contribution < -0.4 is 4.90 Å². The first-order valence-electron chi connectivity index (χ1n) is 9.04. The van der Waals surface area contributed by atoms with Gasteiger partial charge in [-0.2, -0.15) is 0 Å². The van der Waals surface area contributed by atoms with Gasteiger partial charge in [0.1, 0.15) is 0 Å². The Kier molecular flexibility index (Phi) is 5.33. The smallest absolute Gasteiger partial charge is 0.264 e. The van der Waals surface area contributed by atoms with E-state index in [1.54, 1.807) is 11.3 Å². The fraction of sp³-hybridized carbons (Fsp3) is 0.556. The molecule has 7 heteroatoms. The molecule has 0 unspecified atom stereocenters. The van der Waals surface area contributed by atoms with Crippen molar-refractivity contribution in [1.82, 2.24) is 14.8 Å². The van der Waals surface area contributed by atoms with Gasteiger partial charge in [-0.3, -0.25) is 9.69 Å². The number of carbonyl (C=O) groups is 1. The van der Waals surface area contributed by atoms with Crippen molar-refractivity contribution in [3.05, 3.63) is 33.5 Å². The molecule has 1 amide bonds. The second-order valence-electron chi connectivity index (χ2n) is 6.71. The average Bonchev–Trinajstić information content (AvgIpc) is 3.34. The molecule has 2 fully saturated rings. The zero-order chi connectivity index (χ0) is 17.1. The molecule has 2 saturated heterocycles. The molecular weight excluding hydrogens is 352 g/mol. The average molecular weight is 377 g/mol. The highest BCUT2D eigenvalue weighted by molar-refractivity contribution is 7.13. The van der Waals surface area contributed by atoms with Gasteiger partial charge in [-0.15, -0.1) is 22.7 Å². The summed E-state index contributed by atoms with van der Waals surface area (Å²) in [5.74, 6) is 0.166. The molecule has 2 aromatic rings. The van der Waals surface area contributed by atoms with Crippen LogP contribution in [0.25, 0.3) is 0 Å². The van der Waals surface area contributed by atoms with Crippen LogP contribution in [0.3, 0.4) is 0 Å². The maximum atomic E-state index is 12.4. The van der Waals surface area contributed by atoms with Gasteiger partial charge in [0.05, 0.1) is 10.6 Å². The van der Waals surface area contributed by atoms with Crippen molar-refractivity contribution < 1.29 is 4.79 Å². The SMILES string of the molecule is O=C(c1cccs1)N1CCN(c2nc(CN3CCCCC3)cs2)CC1. The molecule has 2 aliphatic rings. The first-order chi connectivity index (χ1) is 12.3. The maximum absolute atomic E-state index is 12.4. The predicted octanol–water partition coefficient (Wildman–Crippen LogP) is 3.15. The molecule has 0 aromatic carbocycles. The van der Waals surface area contributed by atoms with Crippen LogP contribution in [0.5, 0.6) is 0 Å². The summed E-state index contributed by atoms with van der Waals surface area (Å²) in [6.07, 6.45) is 4.00. The molecule has 0 spiro atoms. The second-order valence-corrected chi connectivity index (χ2v) is 8.50. The number of aromatic nitrogens is 1. The highest BCUT2D eigenvalue weighted by Gasteiger charge is 2.24. The van der Waals surface area contributed by atoms with Crippen LogP contribution >= 0.6 is 22.7 Å². The lowest BCUT2D eigenvalue weighted by atomic mass is 10.1. The molecule has 25 heavy (non-hydrogen) atoms. The van der Waals surface area contributed by atoms with Crippen LogP contribution in [0.15, 0.2) is 22.9 Å². The second kappa shape index (κ2) is 7.85. The number of hydrogen-bond acceptors (Lipinski definition) is 6. The van der Waals surface area contributed by atoms with Crippen molar-refractivity contribution in [1.29, 1.82) is 0 Å². The topological polar surface area (TPSA) is 39.7 Å². The minimum Gasteiger partial charge on any atom is -0.345 e. The first kappa shape index (κ1) is 17.0. The predicted molar refractivity (Wildman–Crippen MR) is 104 cm³/mol. The van der Waals surface area contributed by atoms with E-state index in [4.69, 9.17) is 4.98 Å². The Hall–Kier alpha value is -1.44. The van der Waals surface area contributed by atoms with Gasteiger partial charge in [0.2, 0.25) is 0 Å². The first-order valence-corrected chi connectivity index (χ1v) is 10.8. The standard InChI is InChI=1S/C18H24N4OS2/c23-17(16-5-4-12-24-16)21-8-10-22(11-9-21)18-19-15(14-25-18)13-20-6-2-1-3-7-20/h4-5,12,14H,1-3,6-11,13H2. The molecule has 4 rings (SSSR count). The zero-order valence-corrected chi connectivity index (χ0v) is 16.0. The van der Waals surface area contributed by atoms with Gasteiger partial charge < -0.3 is 9.80 Å². The quantitative estimate of drug-likeness (QED) is 0.822. The molecule has 0 radical (unpaired) electrons. The highest BCUT2D eigenvalue weighted by atomic mass is 32.1. The van der Waals surface area contributed by atoms with Crippen LogP contribution in [-0.4, -0.2) is 60.0 Å². The van der Waals surface area contributed by atoms with E-state index < -0.39 is 0 Å². The van der Waals surface area contributed by atoms with Crippen molar-refractivity contribution in [2.75, 3.05) is 44.2 Å². The Labute approximate surface area is 156 Å². The van der Waals surface area contributed by atoms with Gasteiger partial charge in [0.25, 0.3) is 5.91 Å². The van der Waals surface area contributed by atoms with Crippen LogP contribution in [-0.2, 0) is 6.54 Å². The Morgan fingerprint density at radius 3 is 2.56 bits per heavy atom. The number of carbonyl (C=O) groups excluding carboxylic acids is 1. The van der Waals surface area contributed by atoms with Crippen molar-refractivity contribution >= 4 is 33.7 Å². The molecule has 5 nitrogen and oxygen atoms in total. The molecule has 0 bridgehead atoms. The number of piperazine rings is 1. The Balaban J connectivity index is 1.31. The van der Waals surface area contributed by atoms with Crippen molar-refractivity contribution in [2.24, 2.45) is 0 Å². The third-order valence-electron chi connectivity index (χ3n) is 4.94. The monoisotopic (exact) mass is 376 g/mol. The van der Waals surface area contributed by atoms with E-state index in [9.17, 15) is 4.79 Å². The number of hydrogen-bond donors (Lipinski definition) is 0. The van der Waals surface area contributed by atoms with Gasteiger partial charge in [-0.1, -0.05) is 12.5 Å². The third kappa shape index (κ3) is 4.04. The lowest BCUT2D eigenvalue weighted by Crippen LogP contribution is -2.48. The van der Waals surface area contributed by atoms with E-state index in [-0.39, 0.29) is 5.91 Å². The normalized spacial score (nSPS) is 19.4. The fourth-order valence-corrected chi connectivity index (χ4v) is 5.08. The van der Waals surface area contributed by atoms with Crippen molar-refractivity contribution in [3.63, 3.8) is 0 Å². The Morgan fingerprint density at radius 1 is 1.04 bits per heavy atom. The molecule has 0 saturated carbocycles. The number of thiophene rings is 1. The van der Waals surface area contributed by atoms with E-state index in [0.717, 1.165) is 42.7 Å². The molecular formula is C18H24N4OS2. The number of thiazole rings is 1. The Bertz CT molecular complexity index is 686. The summed E-state index contributed by atoms with van der Waals surface area (Å²) in [6, 6.07) is 3.85. The number of nitrogens with zero attached hydrogens (tertiary/aromatic N) is 4. The zero-order valence-electron chi connectivity index (χ0n) is 14.4. The molecule has 134 valence electrons. The van der Waals surface area contributed by atoms with E-state index >= 15 is 0 Å². The van der Waals surface area contributed by atoms with Gasteiger partial charge in [-0.05, 0) is 37.4 Å². The molecule has 0 N–H and O–H groups in total. The van der Waals surface area contributed by atoms with Crippen LogP contribution in [0, 0.1) is 0 Å². The molecule has 2 aliphatic heterocycles. The van der Waals surface area contributed by atoms with Gasteiger partial charge in [0.15, 0.2) is 5.13 Å². The summed E-state index contributed by atoms with van der Waals surface area (Å²) in [6.45, 7) is 6.68. The lowest BCUT2D eigenvalue weighted by Gasteiger charge is -2.34. The van der Waals surface area contributed by atoms with Gasteiger partial charge in [-0.25, -0.2) is 4.98 Å². The molecule has 4 heterocycles. The number of amides is 1. The van der Waals surface area contributed by atoms with Crippen molar-refractivity contribution in [3.8, 4) is 0 Å². The largest absolute Gasteiger partial charge is 0.345 e. The minimum atomic E-state index is 0.166. The van der Waals surface area contributed by atoms with Gasteiger partial charge in [0, 0.05) is 38.1 Å². The number of likely N-dealkylation sites (tertiary alicyclic amines) is 1. The van der Waals surface area contributed by atoms with E-state index in [1.807, 2.05) is 22.4 Å². The van der Waals surface area contributed by atoms with E-state index in [1.165, 1.54) is 49.4 Å². The Morgan fingerprint density at radius 2 is 1.84 bits per heavy atom. The summed E-state index contributed by atoms with van der Waals surface area (Å²) >= 11 is 3.26. The molecule has 2 aromatic heterocycles. The van der Waals surface area contributed by atoms with Crippen LogP contribution in [0.4, 0.5) is 5.13 Å². The fourth-order valence-electron chi connectivity index (χ4n) is 3.52. The van der Waals surface area contributed by atoms with Crippen LogP contribution in [0.2, 0.25) is 0 Å². The van der Waals surface area contributed by atoms with E-state index in [2.05, 4.69) is 15.2 Å². The van der Waals surface area contributed by atoms with Crippen molar-refractivity contribution in [2.45, 2.75) is 25.8 Å². The summed E-state index contributed by atoms with van der Waals surface area (Å²) in [5, 5.41) is 5.27. The lowest BCUT2D eigenvalue weighted by molar-refractivity contribution is 0.0751. The summed E-state index contributed by atoms with van der Waals surface area (Å²) < 4.78 is 0. The van der Waals surface area contributed by atoms with E-state index in [0.29, 0.717) is 0 Å². The van der Waals surface area contributed by atoms with Gasteiger partial charge >= 0.3 is 0 Å². The molecule has 0 atom stereocenters. The third-order valence-corrected chi connectivity index (χ3v) is 6.75. The summed E-state index contributed by atoms with van der Waals surface area (Å²) in [7, 11) is 0. The summed E-state index contributed by atoms with van der Waals surface area (Å²) in [5.41, 5.74) is 1.19. The number of rotatable bonds is 4. The number of piperidine rings is 1. The summed E-state index contributed by atoms with van der Waals surface area (Å²) in [4.78, 5) is 24.9. The van der Waals surface area contributed by atoms with Crippen LogP contribution in [0.1, 0.15) is 34.6 Å². The maximum Gasteiger partial charge on any atom is 0.264 e. The molecule has 0 aliphatic carbocycles. The number of anilines is 1. The minimum absolute atomic E-state index is 0.166.